The quantitative estimate of drug-likeness (QED) is 0.585. The number of carbonyl (C=O) groups is 1. The Balaban J connectivity index is 1.34. The number of nitriles is 1. The van der Waals surface area contributed by atoms with Gasteiger partial charge in [0.1, 0.15) is 11.5 Å². The van der Waals surface area contributed by atoms with Crippen molar-refractivity contribution in [2.45, 2.75) is 51.0 Å². The van der Waals surface area contributed by atoms with Crippen LogP contribution in [0.5, 0.6) is 0 Å². The molecule has 0 aromatic carbocycles. The first-order valence-corrected chi connectivity index (χ1v) is 12.7. The lowest BCUT2D eigenvalue weighted by Gasteiger charge is -2.31. The minimum Gasteiger partial charge on any atom is -0.378 e. The molecule has 2 aliphatic rings. The van der Waals surface area contributed by atoms with Gasteiger partial charge in [0.05, 0.1) is 18.7 Å². The number of nitrogens with zero attached hydrogens (tertiary/aromatic N) is 5. The van der Waals surface area contributed by atoms with E-state index in [9.17, 15) is 4.79 Å². The van der Waals surface area contributed by atoms with Gasteiger partial charge < -0.3 is 15.0 Å². The summed E-state index contributed by atoms with van der Waals surface area (Å²) in [5.74, 6) is 1.04. The van der Waals surface area contributed by atoms with E-state index in [0.717, 1.165) is 63.3 Å². The van der Waals surface area contributed by atoms with E-state index in [0.29, 0.717) is 36.4 Å². The number of carbonyl (C=O) groups excluding carboxylic acids is 1. The highest BCUT2D eigenvalue weighted by molar-refractivity contribution is 7.14. The molecule has 1 unspecified atom stereocenters. The van der Waals surface area contributed by atoms with Gasteiger partial charge in [-0.15, -0.1) is 11.3 Å². The summed E-state index contributed by atoms with van der Waals surface area (Å²) in [6.07, 6.45) is 5.19. The molecule has 0 bridgehead atoms. The molecule has 4 rings (SSSR count). The average molecular weight is 469 g/mol. The lowest BCUT2D eigenvalue weighted by Crippen LogP contribution is -2.41. The highest BCUT2D eigenvalue weighted by Gasteiger charge is 2.26. The summed E-state index contributed by atoms with van der Waals surface area (Å²) in [4.78, 5) is 26.3. The second-order valence-corrected chi connectivity index (χ2v) is 9.56. The minimum atomic E-state index is -0.0188. The van der Waals surface area contributed by atoms with Crippen LogP contribution in [0.25, 0.3) is 0 Å². The number of aromatic nitrogens is 2. The molecule has 4 heterocycles. The third-order valence-corrected chi connectivity index (χ3v) is 6.99. The van der Waals surface area contributed by atoms with Crippen molar-refractivity contribution in [1.29, 1.82) is 5.26 Å². The molecule has 1 N–H and O–H groups in total. The maximum absolute atomic E-state index is 12.9. The Kier molecular flexibility index (Phi) is 8.26. The Bertz CT molecular complexity index is 966. The normalized spacial score (nSPS) is 19.9. The van der Waals surface area contributed by atoms with Gasteiger partial charge in [-0.1, -0.05) is 13.0 Å². The number of rotatable bonds is 8. The predicted molar refractivity (Wildman–Crippen MR) is 129 cm³/mol. The van der Waals surface area contributed by atoms with Crippen LogP contribution in [0.4, 0.5) is 10.9 Å². The first kappa shape index (κ1) is 23.6. The lowest BCUT2D eigenvalue weighted by molar-refractivity contribution is 0.00887. The van der Waals surface area contributed by atoms with Crippen molar-refractivity contribution in [2.75, 3.05) is 44.6 Å². The molecule has 2 aliphatic heterocycles. The van der Waals surface area contributed by atoms with E-state index in [-0.39, 0.29) is 12.0 Å². The maximum Gasteiger partial charge on any atom is 0.273 e. The molecule has 0 aliphatic carbocycles. The number of amides is 1. The fourth-order valence-electron chi connectivity index (χ4n) is 4.50. The van der Waals surface area contributed by atoms with E-state index in [4.69, 9.17) is 15.0 Å². The Hall–Kier alpha value is -2.54. The third kappa shape index (κ3) is 6.28. The fourth-order valence-corrected chi connectivity index (χ4v) is 5.19. The first-order chi connectivity index (χ1) is 16.2. The Morgan fingerprint density at radius 3 is 2.91 bits per heavy atom. The van der Waals surface area contributed by atoms with Crippen LogP contribution in [0.1, 0.15) is 61.1 Å². The SMILES string of the molecule is CCCOC1CCN(C(=O)c2csc(Nc3cccc(C4CCCN(CC#N)C4)n3)n2)CC1. The van der Waals surface area contributed by atoms with Gasteiger partial charge in [0, 0.05) is 43.2 Å². The first-order valence-electron chi connectivity index (χ1n) is 11.9. The van der Waals surface area contributed by atoms with Gasteiger partial charge in [-0.25, -0.2) is 9.97 Å². The highest BCUT2D eigenvalue weighted by Crippen LogP contribution is 2.28. The monoisotopic (exact) mass is 468 g/mol. The van der Waals surface area contributed by atoms with Crippen LogP contribution in [0.3, 0.4) is 0 Å². The average Bonchev–Trinajstić information content (AvgIpc) is 3.31. The van der Waals surface area contributed by atoms with Crippen LogP contribution in [0.15, 0.2) is 23.6 Å². The van der Waals surface area contributed by atoms with Crippen molar-refractivity contribution in [3.8, 4) is 6.07 Å². The number of hydrogen-bond acceptors (Lipinski definition) is 8. The summed E-state index contributed by atoms with van der Waals surface area (Å²) in [5, 5.41) is 14.7. The van der Waals surface area contributed by atoms with Crippen molar-refractivity contribution < 1.29 is 9.53 Å². The summed E-state index contributed by atoms with van der Waals surface area (Å²) >= 11 is 1.42. The lowest BCUT2D eigenvalue weighted by atomic mass is 9.94. The largest absolute Gasteiger partial charge is 0.378 e. The van der Waals surface area contributed by atoms with Gasteiger partial charge in [0.15, 0.2) is 5.13 Å². The standard InChI is InChI=1S/C24H32N6O2S/c1-2-15-32-19-8-12-30(13-9-19)23(31)21-17-33-24(27-21)28-22-7-3-6-20(26-22)18-5-4-11-29(16-18)14-10-25/h3,6-7,17-19H,2,4-5,8-9,11-16H2,1H3,(H,26,27,28). The molecule has 2 aromatic rings. The Morgan fingerprint density at radius 2 is 2.12 bits per heavy atom. The van der Waals surface area contributed by atoms with E-state index in [1.807, 2.05) is 22.4 Å². The minimum absolute atomic E-state index is 0.0188. The molecule has 0 spiro atoms. The van der Waals surface area contributed by atoms with Crippen molar-refractivity contribution in [3.63, 3.8) is 0 Å². The molecule has 1 amide bonds. The number of thiazole rings is 1. The summed E-state index contributed by atoms with van der Waals surface area (Å²) in [6.45, 7) is 6.62. The summed E-state index contributed by atoms with van der Waals surface area (Å²) in [6, 6.07) is 8.22. The molecule has 176 valence electrons. The third-order valence-electron chi connectivity index (χ3n) is 6.23. The Labute approximate surface area is 199 Å². The number of piperidine rings is 2. The van der Waals surface area contributed by atoms with Crippen molar-refractivity contribution in [3.05, 3.63) is 35.0 Å². The number of pyridine rings is 1. The van der Waals surface area contributed by atoms with Gasteiger partial charge in [-0.3, -0.25) is 9.69 Å². The van der Waals surface area contributed by atoms with E-state index >= 15 is 0 Å². The van der Waals surface area contributed by atoms with Crippen LogP contribution < -0.4 is 5.32 Å². The smallest absolute Gasteiger partial charge is 0.273 e. The van der Waals surface area contributed by atoms with Crippen molar-refractivity contribution >= 4 is 28.2 Å². The number of likely N-dealkylation sites (tertiary alicyclic amines) is 2. The molecule has 2 aromatic heterocycles. The summed E-state index contributed by atoms with van der Waals surface area (Å²) in [7, 11) is 0. The van der Waals surface area contributed by atoms with Crippen LogP contribution in [-0.2, 0) is 4.74 Å². The second-order valence-electron chi connectivity index (χ2n) is 8.71. The molecule has 0 saturated carbocycles. The Morgan fingerprint density at radius 1 is 1.27 bits per heavy atom. The topological polar surface area (TPSA) is 94.4 Å². The predicted octanol–water partition coefficient (Wildman–Crippen LogP) is 4.02. The molecule has 2 fully saturated rings. The maximum atomic E-state index is 12.9. The zero-order chi connectivity index (χ0) is 23.0. The van der Waals surface area contributed by atoms with Crippen molar-refractivity contribution in [2.24, 2.45) is 0 Å². The van der Waals surface area contributed by atoms with Gasteiger partial charge in [-0.2, -0.15) is 5.26 Å². The van der Waals surface area contributed by atoms with Crippen LogP contribution in [0.2, 0.25) is 0 Å². The molecule has 0 radical (unpaired) electrons. The highest BCUT2D eigenvalue weighted by atomic mass is 32.1. The van der Waals surface area contributed by atoms with E-state index in [2.05, 4.69) is 34.3 Å². The molecule has 9 heteroatoms. The van der Waals surface area contributed by atoms with Crippen molar-refractivity contribution in [1.82, 2.24) is 19.8 Å². The second kappa shape index (κ2) is 11.5. The summed E-state index contributed by atoms with van der Waals surface area (Å²) in [5.41, 5.74) is 1.51. The van der Waals surface area contributed by atoms with E-state index in [1.165, 1.54) is 11.3 Å². The number of nitrogens with one attached hydrogen (secondary N) is 1. The summed E-state index contributed by atoms with van der Waals surface area (Å²) < 4.78 is 5.82. The fraction of sp³-hybridized carbons (Fsp3) is 0.583. The van der Waals surface area contributed by atoms with Gasteiger partial charge in [0.25, 0.3) is 5.91 Å². The van der Waals surface area contributed by atoms with Gasteiger partial charge >= 0.3 is 0 Å². The number of ether oxygens (including phenoxy) is 1. The van der Waals surface area contributed by atoms with E-state index in [1.54, 1.807) is 0 Å². The van der Waals surface area contributed by atoms with E-state index < -0.39 is 0 Å². The van der Waals surface area contributed by atoms with Gasteiger partial charge in [-0.05, 0) is 50.8 Å². The van der Waals surface area contributed by atoms with Gasteiger partial charge in [0.2, 0.25) is 0 Å². The van der Waals surface area contributed by atoms with Crippen LogP contribution in [-0.4, -0.2) is 71.1 Å². The molecular formula is C24H32N6O2S. The van der Waals surface area contributed by atoms with Crippen LogP contribution >= 0.6 is 11.3 Å². The number of anilines is 2. The molecular weight excluding hydrogens is 436 g/mol. The zero-order valence-corrected chi connectivity index (χ0v) is 20.0. The molecule has 8 nitrogen and oxygen atoms in total. The zero-order valence-electron chi connectivity index (χ0n) is 19.2. The molecule has 1 atom stereocenters. The number of hydrogen-bond donors (Lipinski definition) is 1. The molecule has 33 heavy (non-hydrogen) atoms. The van der Waals surface area contributed by atoms with Crippen LogP contribution in [0, 0.1) is 11.3 Å². The molecule has 2 saturated heterocycles.